The molecule has 32 heavy (non-hydrogen) atoms. The van der Waals surface area contributed by atoms with Crippen molar-refractivity contribution in [1.29, 1.82) is 0 Å². The highest BCUT2D eigenvalue weighted by molar-refractivity contribution is 5.94. The second-order valence-electron chi connectivity index (χ2n) is 10.4. The van der Waals surface area contributed by atoms with E-state index < -0.39 is 0 Å². The van der Waals surface area contributed by atoms with Gasteiger partial charge < -0.3 is 0 Å². The van der Waals surface area contributed by atoms with E-state index in [9.17, 15) is 0 Å². The zero-order valence-electron chi connectivity index (χ0n) is 19.9. The number of nitrogens with zero attached hydrogens (tertiary/aromatic N) is 3. The monoisotopic (exact) mass is 421 g/mol. The molecule has 2 heterocycles. The Balaban J connectivity index is 1.65. The van der Waals surface area contributed by atoms with E-state index in [0.29, 0.717) is 0 Å². The molecular weight excluding hydrogens is 390 g/mol. The van der Waals surface area contributed by atoms with Crippen LogP contribution in [0.4, 0.5) is 0 Å². The average Bonchev–Trinajstić information content (AvgIpc) is 2.93. The van der Waals surface area contributed by atoms with Crippen molar-refractivity contribution in [3.63, 3.8) is 0 Å². The second-order valence-corrected chi connectivity index (χ2v) is 10.4. The Bertz CT molecular complexity index is 1330. The molecule has 0 saturated heterocycles. The number of hydrogen-bond acceptors (Lipinski definition) is 3. The highest BCUT2D eigenvalue weighted by atomic mass is 14.9. The van der Waals surface area contributed by atoms with Crippen LogP contribution in [-0.4, -0.2) is 15.0 Å². The van der Waals surface area contributed by atoms with Gasteiger partial charge in [-0.25, -0.2) is 9.97 Å². The fourth-order valence-corrected chi connectivity index (χ4v) is 5.49. The third kappa shape index (κ3) is 2.70. The van der Waals surface area contributed by atoms with Gasteiger partial charge in [0.15, 0.2) is 5.82 Å². The van der Waals surface area contributed by atoms with E-state index in [1.54, 1.807) is 0 Å². The molecule has 2 aromatic heterocycles. The van der Waals surface area contributed by atoms with Gasteiger partial charge in [-0.05, 0) is 40.3 Å². The van der Waals surface area contributed by atoms with E-state index in [-0.39, 0.29) is 16.2 Å². The molecule has 0 saturated carbocycles. The van der Waals surface area contributed by atoms with E-state index >= 15 is 0 Å². The summed E-state index contributed by atoms with van der Waals surface area (Å²) in [7, 11) is 0. The van der Waals surface area contributed by atoms with Gasteiger partial charge in [0, 0.05) is 34.3 Å². The lowest BCUT2D eigenvalue weighted by Crippen LogP contribution is -2.44. The third-order valence-corrected chi connectivity index (χ3v) is 8.70. The van der Waals surface area contributed by atoms with E-state index in [4.69, 9.17) is 15.0 Å². The lowest BCUT2D eigenvalue weighted by Gasteiger charge is -2.45. The number of fused-ring (bicyclic) bond motifs is 2. The molecule has 0 fully saturated rings. The van der Waals surface area contributed by atoms with Gasteiger partial charge in [0.05, 0.1) is 11.4 Å². The topological polar surface area (TPSA) is 38.7 Å². The van der Waals surface area contributed by atoms with Gasteiger partial charge in [0.1, 0.15) is 0 Å². The zero-order chi connectivity index (χ0) is 22.7. The van der Waals surface area contributed by atoms with Crippen LogP contribution in [0.1, 0.15) is 59.2 Å². The highest BCUT2D eigenvalue weighted by Gasteiger charge is 2.59. The first-order chi connectivity index (χ1) is 15.2. The summed E-state index contributed by atoms with van der Waals surface area (Å²) in [5.41, 5.74) is 5.68. The minimum Gasteiger partial charge on any atom is -0.256 e. The number of pyridine rings is 1. The number of hydrogen-bond donors (Lipinski definition) is 0. The Morgan fingerprint density at radius 3 is 2.34 bits per heavy atom. The van der Waals surface area contributed by atoms with Crippen molar-refractivity contribution in [2.75, 3.05) is 0 Å². The summed E-state index contributed by atoms with van der Waals surface area (Å²) in [6.07, 6.45) is 5.00. The van der Waals surface area contributed by atoms with Crippen LogP contribution in [0.25, 0.3) is 33.4 Å². The Morgan fingerprint density at radius 2 is 1.56 bits per heavy atom. The molecule has 5 rings (SSSR count). The molecule has 0 radical (unpaired) electrons. The molecule has 0 bridgehead atoms. The SMILES string of the molecule is CCC1(C)c2nc(-c3cccc(-c4nccc5ccccc45)c3)ncc2C(C)(C)C1(C)C. The molecule has 1 unspecified atom stereocenters. The number of benzene rings is 2. The summed E-state index contributed by atoms with van der Waals surface area (Å²) >= 11 is 0. The quantitative estimate of drug-likeness (QED) is 0.347. The molecular formula is C29H31N3. The molecule has 4 aromatic rings. The van der Waals surface area contributed by atoms with Gasteiger partial charge in [-0.3, -0.25) is 4.98 Å². The minimum absolute atomic E-state index is 0.00167. The standard InChI is InChI=1S/C29H31N3/c1-7-29(6)25-23(27(2,3)28(29,4)5)18-31-26(32-25)21-13-10-12-20(17-21)24-22-14-9-8-11-19(22)15-16-30-24/h8-18H,7H2,1-6H3. The van der Waals surface area contributed by atoms with Crippen molar-refractivity contribution in [3.05, 3.63) is 78.2 Å². The zero-order valence-corrected chi connectivity index (χ0v) is 19.9. The maximum atomic E-state index is 5.20. The average molecular weight is 422 g/mol. The van der Waals surface area contributed by atoms with Crippen molar-refractivity contribution in [1.82, 2.24) is 15.0 Å². The summed E-state index contributed by atoms with van der Waals surface area (Å²) in [5, 5.41) is 2.35. The highest BCUT2D eigenvalue weighted by Crippen LogP contribution is 2.62. The Kier molecular flexibility index (Phi) is 4.53. The van der Waals surface area contributed by atoms with Crippen molar-refractivity contribution in [3.8, 4) is 22.6 Å². The van der Waals surface area contributed by atoms with Gasteiger partial charge in [0.2, 0.25) is 0 Å². The Labute approximate surface area is 191 Å². The molecule has 1 aliphatic rings. The normalized spacial score (nSPS) is 20.9. The van der Waals surface area contributed by atoms with Gasteiger partial charge in [0.25, 0.3) is 0 Å². The summed E-state index contributed by atoms with van der Waals surface area (Å²) in [5.74, 6) is 0.791. The fourth-order valence-electron chi connectivity index (χ4n) is 5.49. The summed E-state index contributed by atoms with van der Waals surface area (Å²) in [4.78, 5) is 14.8. The first kappa shape index (κ1) is 20.8. The fraction of sp³-hybridized carbons (Fsp3) is 0.345. The molecule has 3 heteroatoms. The third-order valence-electron chi connectivity index (χ3n) is 8.70. The van der Waals surface area contributed by atoms with Gasteiger partial charge >= 0.3 is 0 Å². The van der Waals surface area contributed by atoms with E-state index in [2.05, 4.69) is 102 Å². The largest absolute Gasteiger partial charge is 0.256 e. The first-order valence-electron chi connectivity index (χ1n) is 11.5. The lowest BCUT2D eigenvalue weighted by molar-refractivity contribution is 0.106. The minimum atomic E-state index is -0.00167. The van der Waals surface area contributed by atoms with Crippen LogP contribution in [0.3, 0.4) is 0 Å². The molecule has 0 N–H and O–H groups in total. The molecule has 0 amide bonds. The molecule has 1 aliphatic carbocycles. The van der Waals surface area contributed by atoms with E-state index in [0.717, 1.165) is 34.5 Å². The maximum absolute atomic E-state index is 5.20. The van der Waals surface area contributed by atoms with Crippen molar-refractivity contribution in [2.45, 2.75) is 58.8 Å². The molecule has 0 spiro atoms. The number of aromatic nitrogens is 3. The second kappa shape index (κ2) is 6.96. The van der Waals surface area contributed by atoms with Gasteiger partial charge in [-0.2, -0.15) is 0 Å². The predicted octanol–water partition coefficient (Wildman–Crippen LogP) is 7.34. The predicted molar refractivity (Wildman–Crippen MR) is 133 cm³/mol. The molecule has 0 aliphatic heterocycles. The van der Waals surface area contributed by atoms with Gasteiger partial charge in [-0.1, -0.05) is 84.0 Å². The van der Waals surface area contributed by atoms with Crippen LogP contribution in [0.2, 0.25) is 0 Å². The lowest BCUT2D eigenvalue weighted by atomic mass is 9.58. The van der Waals surface area contributed by atoms with Crippen LogP contribution in [0.15, 0.2) is 67.0 Å². The van der Waals surface area contributed by atoms with Crippen molar-refractivity contribution >= 4 is 10.8 Å². The molecule has 1 atom stereocenters. The summed E-state index contributed by atoms with van der Waals surface area (Å²) in [6.45, 7) is 14.1. The molecule has 3 nitrogen and oxygen atoms in total. The Hall–Kier alpha value is -3.07. The van der Waals surface area contributed by atoms with Crippen LogP contribution in [0, 0.1) is 5.41 Å². The summed E-state index contributed by atoms with van der Waals surface area (Å²) < 4.78 is 0. The molecule has 2 aromatic carbocycles. The van der Waals surface area contributed by atoms with E-state index in [1.807, 2.05) is 6.20 Å². The van der Waals surface area contributed by atoms with Crippen molar-refractivity contribution < 1.29 is 0 Å². The van der Waals surface area contributed by atoms with Crippen LogP contribution in [-0.2, 0) is 10.8 Å². The number of rotatable bonds is 3. The first-order valence-corrected chi connectivity index (χ1v) is 11.5. The molecule has 162 valence electrons. The van der Waals surface area contributed by atoms with Crippen molar-refractivity contribution in [2.24, 2.45) is 5.41 Å². The Morgan fingerprint density at radius 1 is 0.812 bits per heavy atom. The smallest absolute Gasteiger partial charge is 0.159 e. The summed E-state index contributed by atoms with van der Waals surface area (Å²) in [6, 6.07) is 18.9. The van der Waals surface area contributed by atoms with E-state index in [1.165, 1.54) is 16.6 Å². The van der Waals surface area contributed by atoms with Crippen LogP contribution >= 0.6 is 0 Å². The van der Waals surface area contributed by atoms with Crippen LogP contribution in [0.5, 0.6) is 0 Å². The van der Waals surface area contributed by atoms with Gasteiger partial charge in [-0.15, -0.1) is 0 Å². The maximum Gasteiger partial charge on any atom is 0.159 e. The van der Waals surface area contributed by atoms with Crippen LogP contribution < -0.4 is 0 Å².